The first-order valence-corrected chi connectivity index (χ1v) is 6.02. The standard InChI is InChI=1S/C13H15N5O2/c14-6-7-20-10-3-1-2-9(8-10)16-12-5-4-11(13(15)19)17-18-12/h1-5,8H,6-7,14H2,(H2,15,19)(H,16,18). The third-order valence-corrected chi connectivity index (χ3v) is 2.41. The van der Waals surface area contributed by atoms with E-state index in [1.165, 1.54) is 6.07 Å². The predicted octanol–water partition coefficient (Wildman–Crippen LogP) is 0.657. The molecule has 0 saturated heterocycles. The lowest BCUT2D eigenvalue weighted by Crippen LogP contribution is -2.13. The fourth-order valence-corrected chi connectivity index (χ4v) is 1.52. The molecular weight excluding hydrogens is 258 g/mol. The van der Waals surface area contributed by atoms with Crippen LogP contribution in [0.25, 0.3) is 0 Å². The van der Waals surface area contributed by atoms with Crippen LogP contribution in [0.1, 0.15) is 10.5 Å². The van der Waals surface area contributed by atoms with Gasteiger partial charge in [0.2, 0.25) is 0 Å². The lowest BCUT2D eigenvalue weighted by atomic mass is 10.3. The molecule has 0 atom stereocenters. The summed E-state index contributed by atoms with van der Waals surface area (Å²) in [6.45, 7) is 0.911. The molecular formula is C13H15N5O2. The Kier molecular flexibility index (Phi) is 4.46. The van der Waals surface area contributed by atoms with Gasteiger partial charge in [0.1, 0.15) is 12.4 Å². The first-order valence-electron chi connectivity index (χ1n) is 6.02. The molecule has 2 aromatic rings. The van der Waals surface area contributed by atoms with Crippen molar-refractivity contribution in [3.63, 3.8) is 0 Å². The number of anilines is 2. The second-order valence-electron chi connectivity index (χ2n) is 3.96. The summed E-state index contributed by atoms with van der Waals surface area (Å²) in [5.74, 6) is 0.606. The number of primary amides is 1. The van der Waals surface area contributed by atoms with Gasteiger partial charge < -0.3 is 21.5 Å². The van der Waals surface area contributed by atoms with Crippen molar-refractivity contribution < 1.29 is 9.53 Å². The van der Waals surface area contributed by atoms with Crippen LogP contribution in [0.4, 0.5) is 11.5 Å². The first kappa shape index (κ1) is 13.8. The summed E-state index contributed by atoms with van der Waals surface area (Å²) in [5, 5.41) is 10.6. The fourth-order valence-electron chi connectivity index (χ4n) is 1.52. The Hall–Kier alpha value is -2.67. The van der Waals surface area contributed by atoms with Crippen LogP contribution in [0.3, 0.4) is 0 Å². The highest BCUT2D eigenvalue weighted by Gasteiger charge is 2.03. The first-order chi connectivity index (χ1) is 9.69. The molecule has 0 fully saturated rings. The average Bonchev–Trinajstić information content (AvgIpc) is 2.46. The Labute approximate surface area is 115 Å². The number of benzene rings is 1. The highest BCUT2D eigenvalue weighted by molar-refractivity contribution is 5.90. The zero-order valence-electron chi connectivity index (χ0n) is 10.7. The highest BCUT2D eigenvalue weighted by atomic mass is 16.5. The van der Waals surface area contributed by atoms with Crippen LogP contribution in [0, 0.1) is 0 Å². The molecule has 0 spiro atoms. The maximum absolute atomic E-state index is 10.9. The summed E-state index contributed by atoms with van der Waals surface area (Å²) in [6.07, 6.45) is 0. The second-order valence-corrected chi connectivity index (χ2v) is 3.96. The molecule has 2 rings (SSSR count). The van der Waals surface area contributed by atoms with Gasteiger partial charge in [-0.05, 0) is 24.3 Å². The van der Waals surface area contributed by atoms with Crippen molar-refractivity contribution in [1.82, 2.24) is 10.2 Å². The van der Waals surface area contributed by atoms with E-state index in [4.69, 9.17) is 16.2 Å². The van der Waals surface area contributed by atoms with Gasteiger partial charge in [-0.1, -0.05) is 6.07 Å². The average molecular weight is 273 g/mol. The van der Waals surface area contributed by atoms with Crippen LogP contribution in [-0.4, -0.2) is 29.3 Å². The molecule has 1 aromatic heterocycles. The minimum atomic E-state index is -0.610. The molecule has 0 unspecified atom stereocenters. The summed E-state index contributed by atoms with van der Waals surface area (Å²) in [7, 11) is 0. The van der Waals surface area contributed by atoms with Crippen LogP contribution < -0.4 is 21.5 Å². The topological polar surface area (TPSA) is 116 Å². The number of aromatic nitrogens is 2. The van der Waals surface area contributed by atoms with Crippen LogP contribution in [-0.2, 0) is 0 Å². The van der Waals surface area contributed by atoms with Gasteiger partial charge in [-0.15, -0.1) is 10.2 Å². The van der Waals surface area contributed by atoms with Crippen molar-refractivity contribution in [2.24, 2.45) is 11.5 Å². The van der Waals surface area contributed by atoms with Crippen LogP contribution in [0.5, 0.6) is 5.75 Å². The number of amides is 1. The largest absolute Gasteiger partial charge is 0.492 e. The minimum Gasteiger partial charge on any atom is -0.492 e. The highest BCUT2D eigenvalue weighted by Crippen LogP contribution is 2.20. The van der Waals surface area contributed by atoms with Gasteiger partial charge in [0, 0.05) is 18.3 Å². The van der Waals surface area contributed by atoms with E-state index < -0.39 is 5.91 Å². The molecule has 0 aliphatic heterocycles. The van der Waals surface area contributed by atoms with Crippen molar-refractivity contribution in [1.29, 1.82) is 0 Å². The van der Waals surface area contributed by atoms with Crippen LogP contribution in [0.15, 0.2) is 36.4 Å². The molecule has 0 bridgehead atoms. The van der Waals surface area contributed by atoms with Crippen molar-refractivity contribution in [3.05, 3.63) is 42.1 Å². The van der Waals surface area contributed by atoms with Gasteiger partial charge in [-0.3, -0.25) is 4.79 Å². The SMILES string of the molecule is NCCOc1cccc(Nc2ccc(C(N)=O)nn2)c1. The zero-order valence-corrected chi connectivity index (χ0v) is 10.7. The van der Waals surface area contributed by atoms with Gasteiger partial charge in [-0.2, -0.15) is 0 Å². The number of carbonyl (C=O) groups is 1. The Morgan fingerprint density at radius 2 is 2.10 bits per heavy atom. The predicted molar refractivity (Wildman–Crippen MR) is 74.8 cm³/mol. The van der Waals surface area contributed by atoms with E-state index >= 15 is 0 Å². The van der Waals surface area contributed by atoms with E-state index in [0.29, 0.717) is 24.7 Å². The van der Waals surface area contributed by atoms with Crippen LogP contribution >= 0.6 is 0 Å². The molecule has 7 nitrogen and oxygen atoms in total. The van der Waals surface area contributed by atoms with E-state index in [9.17, 15) is 4.79 Å². The number of hydrogen-bond acceptors (Lipinski definition) is 6. The van der Waals surface area contributed by atoms with Crippen molar-refractivity contribution in [3.8, 4) is 5.75 Å². The minimum absolute atomic E-state index is 0.121. The summed E-state index contributed by atoms with van der Waals surface area (Å²) in [6, 6.07) is 10.5. The van der Waals surface area contributed by atoms with Gasteiger partial charge in [-0.25, -0.2) is 0 Å². The van der Waals surface area contributed by atoms with Gasteiger partial charge in [0.25, 0.3) is 5.91 Å². The van der Waals surface area contributed by atoms with Crippen molar-refractivity contribution in [2.75, 3.05) is 18.5 Å². The molecule has 7 heteroatoms. The molecule has 0 radical (unpaired) electrons. The quantitative estimate of drug-likeness (QED) is 0.711. The lowest BCUT2D eigenvalue weighted by Gasteiger charge is -2.08. The number of nitrogens with zero attached hydrogens (tertiary/aromatic N) is 2. The van der Waals surface area contributed by atoms with Gasteiger partial charge >= 0.3 is 0 Å². The van der Waals surface area contributed by atoms with Crippen molar-refractivity contribution in [2.45, 2.75) is 0 Å². The Balaban J connectivity index is 2.07. The maximum atomic E-state index is 10.9. The number of nitrogens with two attached hydrogens (primary N) is 2. The summed E-state index contributed by atoms with van der Waals surface area (Å²) < 4.78 is 5.42. The second kappa shape index (κ2) is 6.48. The number of carbonyl (C=O) groups excluding carboxylic acids is 1. The molecule has 20 heavy (non-hydrogen) atoms. The fraction of sp³-hybridized carbons (Fsp3) is 0.154. The van der Waals surface area contributed by atoms with Crippen molar-refractivity contribution >= 4 is 17.4 Å². The monoisotopic (exact) mass is 273 g/mol. The summed E-state index contributed by atoms with van der Waals surface area (Å²) in [4.78, 5) is 10.9. The zero-order chi connectivity index (χ0) is 14.4. The molecule has 1 aromatic carbocycles. The smallest absolute Gasteiger partial charge is 0.269 e. The molecule has 0 aliphatic carbocycles. The molecule has 0 aliphatic rings. The lowest BCUT2D eigenvalue weighted by molar-refractivity contribution is 0.0994. The molecule has 1 heterocycles. The number of nitrogens with one attached hydrogen (secondary N) is 1. The van der Waals surface area contributed by atoms with E-state index in [1.807, 2.05) is 24.3 Å². The molecule has 1 amide bonds. The molecule has 0 saturated carbocycles. The normalized spacial score (nSPS) is 10.1. The van der Waals surface area contributed by atoms with Crippen LogP contribution in [0.2, 0.25) is 0 Å². The van der Waals surface area contributed by atoms with Gasteiger partial charge in [0.15, 0.2) is 11.5 Å². The van der Waals surface area contributed by atoms with Gasteiger partial charge in [0.05, 0.1) is 0 Å². The Bertz CT molecular complexity index is 586. The number of rotatable bonds is 6. The van der Waals surface area contributed by atoms with E-state index in [0.717, 1.165) is 5.69 Å². The third kappa shape index (κ3) is 3.66. The maximum Gasteiger partial charge on any atom is 0.269 e. The summed E-state index contributed by atoms with van der Waals surface area (Å²) in [5.41, 5.74) is 11.4. The molecule has 104 valence electrons. The summed E-state index contributed by atoms with van der Waals surface area (Å²) >= 11 is 0. The van der Waals surface area contributed by atoms with E-state index in [1.54, 1.807) is 6.07 Å². The number of ether oxygens (including phenoxy) is 1. The Morgan fingerprint density at radius 3 is 2.75 bits per heavy atom. The Morgan fingerprint density at radius 1 is 1.25 bits per heavy atom. The third-order valence-electron chi connectivity index (χ3n) is 2.41. The van der Waals surface area contributed by atoms with E-state index in [2.05, 4.69) is 15.5 Å². The molecule has 5 N–H and O–H groups in total. The van der Waals surface area contributed by atoms with E-state index in [-0.39, 0.29) is 5.69 Å². The number of hydrogen-bond donors (Lipinski definition) is 3.